The molecular weight excluding hydrogens is 431 g/mol. The average Bonchev–Trinajstić information content (AvgIpc) is 2.67. The Hall–Kier alpha value is -2.47. The zero-order valence-electron chi connectivity index (χ0n) is 13.9. The third-order valence-electron chi connectivity index (χ3n) is 3.69. The van der Waals surface area contributed by atoms with Crippen LogP contribution in [0, 0.1) is 11.6 Å². The fraction of sp³-hybridized carbons (Fsp3) is 0. The molecule has 3 rings (SSSR count). The van der Waals surface area contributed by atoms with Crippen molar-refractivity contribution >= 4 is 46.5 Å². The number of oxime groups is 1. The predicted octanol–water partition coefficient (Wildman–Crippen LogP) is 6.53. The molecule has 0 N–H and O–H groups in total. The van der Waals surface area contributed by atoms with Gasteiger partial charge in [-0.15, -0.1) is 0 Å². The van der Waals surface area contributed by atoms with E-state index in [1.165, 1.54) is 0 Å². The van der Waals surface area contributed by atoms with Gasteiger partial charge in [0, 0.05) is 21.2 Å². The van der Waals surface area contributed by atoms with Crippen molar-refractivity contribution in [3.8, 4) is 0 Å². The van der Waals surface area contributed by atoms with Crippen LogP contribution in [0.4, 0.5) is 8.78 Å². The first kappa shape index (κ1) is 20.3. The van der Waals surface area contributed by atoms with Crippen molar-refractivity contribution in [1.29, 1.82) is 0 Å². The molecule has 0 amide bonds. The molecule has 0 aliphatic carbocycles. The monoisotopic (exact) mass is 439 g/mol. The Kier molecular flexibility index (Phi) is 6.29. The quantitative estimate of drug-likeness (QED) is 0.200. The number of halogens is 5. The van der Waals surface area contributed by atoms with E-state index >= 15 is 0 Å². The van der Waals surface area contributed by atoms with Crippen molar-refractivity contribution < 1.29 is 18.4 Å². The van der Waals surface area contributed by atoms with Crippen LogP contribution in [0.1, 0.15) is 21.5 Å². The fourth-order valence-electron chi connectivity index (χ4n) is 2.30. The van der Waals surface area contributed by atoms with Crippen molar-refractivity contribution in [3.63, 3.8) is 0 Å². The van der Waals surface area contributed by atoms with Gasteiger partial charge in [0.25, 0.3) is 0 Å². The Morgan fingerprint density at radius 2 is 1.25 bits per heavy atom. The molecule has 0 aliphatic rings. The molecule has 0 spiro atoms. The Balaban J connectivity index is 1.97. The molecule has 0 bridgehead atoms. The summed E-state index contributed by atoms with van der Waals surface area (Å²) in [4.78, 5) is 17.2. The lowest BCUT2D eigenvalue weighted by Crippen LogP contribution is -2.09. The number of carbonyl (C=O) groups excluding carboxylic acids is 1. The van der Waals surface area contributed by atoms with E-state index in [1.807, 2.05) is 0 Å². The summed E-state index contributed by atoms with van der Waals surface area (Å²) < 4.78 is 26.6. The zero-order valence-corrected chi connectivity index (χ0v) is 16.2. The molecule has 0 aromatic heterocycles. The lowest BCUT2D eigenvalue weighted by atomic mass is 10.0. The smallest absolute Gasteiger partial charge is 0.312 e. The second kappa shape index (κ2) is 8.69. The van der Waals surface area contributed by atoms with E-state index in [-0.39, 0.29) is 10.6 Å². The minimum absolute atomic E-state index is 0.293. The molecule has 0 saturated carbocycles. The van der Waals surface area contributed by atoms with Crippen LogP contribution in [0.15, 0.2) is 65.8 Å². The van der Waals surface area contributed by atoms with Crippen LogP contribution in [0.3, 0.4) is 0 Å². The maximum Gasteiger partial charge on any atom is 0.367 e. The molecule has 0 fully saturated rings. The van der Waals surface area contributed by atoms with Crippen molar-refractivity contribution in [1.82, 2.24) is 0 Å². The van der Waals surface area contributed by atoms with Gasteiger partial charge in [0.15, 0.2) is 11.6 Å². The molecule has 0 radical (unpaired) electrons. The first-order chi connectivity index (χ1) is 13.3. The standard InChI is InChI=1S/C20H10Cl3F2NO2/c21-13-5-1-11(2-6-13)19(12-3-7-14(22)8-4-12)26-28-20(27)15-9-17(24)18(25)10-16(15)23/h1-10H. The van der Waals surface area contributed by atoms with Gasteiger partial charge in [-0.2, -0.15) is 0 Å². The van der Waals surface area contributed by atoms with Gasteiger partial charge in [-0.3, -0.25) is 0 Å². The number of hydrogen-bond acceptors (Lipinski definition) is 3. The molecular formula is C20H10Cl3F2NO2. The number of benzene rings is 3. The van der Waals surface area contributed by atoms with Crippen molar-refractivity contribution in [2.75, 3.05) is 0 Å². The Morgan fingerprint density at radius 1 is 0.786 bits per heavy atom. The van der Waals surface area contributed by atoms with Gasteiger partial charge in [-0.05, 0) is 36.4 Å². The third-order valence-corrected chi connectivity index (χ3v) is 4.50. The molecule has 3 aromatic carbocycles. The van der Waals surface area contributed by atoms with E-state index in [9.17, 15) is 13.6 Å². The highest BCUT2D eigenvalue weighted by atomic mass is 35.5. The van der Waals surface area contributed by atoms with E-state index in [2.05, 4.69) is 5.16 Å². The SMILES string of the molecule is O=C(ON=C(c1ccc(Cl)cc1)c1ccc(Cl)cc1)c1cc(F)c(F)cc1Cl. The summed E-state index contributed by atoms with van der Waals surface area (Å²) in [5.41, 5.74) is 1.17. The number of carbonyl (C=O) groups is 1. The van der Waals surface area contributed by atoms with Crippen LogP contribution in [-0.2, 0) is 4.84 Å². The predicted molar refractivity (Wildman–Crippen MR) is 105 cm³/mol. The van der Waals surface area contributed by atoms with Crippen molar-refractivity contribution in [2.45, 2.75) is 0 Å². The molecule has 142 valence electrons. The summed E-state index contributed by atoms with van der Waals surface area (Å²) in [5, 5.41) is 4.64. The highest BCUT2D eigenvalue weighted by Crippen LogP contribution is 2.22. The topological polar surface area (TPSA) is 38.7 Å². The fourth-order valence-corrected chi connectivity index (χ4v) is 2.78. The Bertz CT molecular complexity index is 1000. The molecule has 3 nitrogen and oxygen atoms in total. The second-order valence-electron chi connectivity index (χ2n) is 5.58. The van der Waals surface area contributed by atoms with Gasteiger partial charge >= 0.3 is 5.97 Å². The van der Waals surface area contributed by atoms with E-state index < -0.39 is 17.6 Å². The maximum absolute atomic E-state index is 13.4. The molecule has 3 aromatic rings. The van der Waals surface area contributed by atoms with Gasteiger partial charge in [-0.25, -0.2) is 13.6 Å². The highest BCUT2D eigenvalue weighted by molar-refractivity contribution is 6.33. The zero-order chi connectivity index (χ0) is 20.3. The van der Waals surface area contributed by atoms with Gasteiger partial charge in [-0.1, -0.05) is 64.2 Å². The second-order valence-corrected chi connectivity index (χ2v) is 6.86. The number of hydrogen-bond donors (Lipinski definition) is 0. The Morgan fingerprint density at radius 3 is 1.75 bits per heavy atom. The lowest BCUT2D eigenvalue weighted by molar-refractivity contribution is 0.0516. The first-order valence-electron chi connectivity index (χ1n) is 7.81. The van der Waals surface area contributed by atoms with E-state index in [0.29, 0.717) is 39.0 Å². The maximum atomic E-state index is 13.4. The number of rotatable bonds is 4. The normalized spacial score (nSPS) is 10.5. The summed E-state index contributed by atoms with van der Waals surface area (Å²) in [6.07, 6.45) is 0. The van der Waals surface area contributed by atoms with Gasteiger partial charge < -0.3 is 4.84 Å². The summed E-state index contributed by atoms with van der Waals surface area (Å²) >= 11 is 17.6. The molecule has 0 aliphatic heterocycles. The summed E-state index contributed by atoms with van der Waals surface area (Å²) in [7, 11) is 0. The van der Waals surface area contributed by atoms with Gasteiger partial charge in [0.05, 0.1) is 10.6 Å². The van der Waals surface area contributed by atoms with Crippen LogP contribution >= 0.6 is 34.8 Å². The average molecular weight is 441 g/mol. The van der Waals surface area contributed by atoms with E-state index in [4.69, 9.17) is 39.6 Å². The molecule has 0 atom stereocenters. The van der Waals surface area contributed by atoms with E-state index in [0.717, 1.165) is 0 Å². The van der Waals surface area contributed by atoms with Crippen LogP contribution in [-0.4, -0.2) is 11.7 Å². The van der Waals surface area contributed by atoms with Crippen LogP contribution in [0.5, 0.6) is 0 Å². The lowest BCUT2D eigenvalue weighted by Gasteiger charge is -2.08. The first-order valence-corrected chi connectivity index (χ1v) is 8.94. The molecule has 0 saturated heterocycles. The minimum Gasteiger partial charge on any atom is -0.312 e. The highest BCUT2D eigenvalue weighted by Gasteiger charge is 2.18. The minimum atomic E-state index is -1.23. The summed E-state index contributed by atoms with van der Waals surface area (Å²) in [6, 6.07) is 14.7. The van der Waals surface area contributed by atoms with Crippen LogP contribution in [0.25, 0.3) is 0 Å². The summed E-state index contributed by atoms with van der Waals surface area (Å²) in [6.45, 7) is 0. The molecule has 0 unspecified atom stereocenters. The third kappa shape index (κ3) is 4.68. The molecule has 8 heteroatoms. The Labute approximate surface area is 174 Å². The summed E-state index contributed by atoms with van der Waals surface area (Å²) in [5.74, 6) is -3.44. The van der Waals surface area contributed by atoms with Crippen LogP contribution < -0.4 is 0 Å². The molecule has 28 heavy (non-hydrogen) atoms. The van der Waals surface area contributed by atoms with Crippen molar-refractivity contribution in [2.24, 2.45) is 5.16 Å². The van der Waals surface area contributed by atoms with E-state index in [1.54, 1.807) is 48.5 Å². The largest absolute Gasteiger partial charge is 0.367 e. The van der Waals surface area contributed by atoms with Gasteiger partial charge in [0.1, 0.15) is 5.71 Å². The van der Waals surface area contributed by atoms with Crippen molar-refractivity contribution in [3.05, 3.63) is 104 Å². The number of nitrogens with zero attached hydrogens (tertiary/aromatic N) is 1. The van der Waals surface area contributed by atoms with Crippen LogP contribution in [0.2, 0.25) is 15.1 Å². The molecule has 0 heterocycles. The van der Waals surface area contributed by atoms with Gasteiger partial charge in [0.2, 0.25) is 0 Å².